The SMILES string of the molecule is CC(N)C(=O)NC(CCCN=C(N)N)C(=O)NC(C(=O)NC(CCCC[N+](C)(C)C)C(=O)NC(CCC(N)=O)C(=O)NC(C(=O)NC(C)C(=O)NC(CCCN=C(N)N)C(=O)NC(CCCCN)C(=O)NC(CO)C(=O)O)C(C)O)C(C)O. The highest BCUT2D eigenvalue weighted by molar-refractivity contribution is 5.99. The fourth-order valence-electron chi connectivity index (χ4n) is 7.62. The number of carbonyl (C=O) groups is 11. The van der Waals surface area contributed by atoms with E-state index >= 15 is 0 Å². The van der Waals surface area contributed by atoms with Gasteiger partial charge in [0, 0.05) is 19.5 Å². The Hall–Kier alpha value is -7.53. The summed E-state index contributed by atoms with van der Waals surface area (Å²) >= 11 is 0. The third kappa shape index (κ3) is 32.0. The van der Waals surface area contributed by atoms with Crippen LogP contribution in [0.4, 0.5) is 0 Å². The van der Waals surface area contributed by atoms with Crippen molar-refractivity contribution in [2.45, 2.75) is 177 Å². The monoisotopic (exact) mass is 1190 g/mol. The number of nitrogens with zero attached hydrogens (tertiary/aromatic N) is 3. The minimum Gasteiger partial charge on any atom is -0.480 e. The van der Waals surface area contributed by atoms with E-state index in [-0.39, 0.29) is 70.1 Å². The maximum Gasteiger partial charge on any atom is 0.328 e. The van der Waals surface area contributed by atoms with E-state index in [4.69, 9.17) is 40.1 Å². The molecule has 0 aromatic rings. The molecule has 0 spiro atoms. The molecule has 12 atom stereocenters. The van der Waals surface area contributed by atoms with Crippen molar-refractivity contribution < 1.29 is 77.6 Å². The van der Waals surface area contributed by atoms with Crippen LogP contribution in [-0.2, 0) is 52.7 Å². The lowest BCUT2D eigenvalue weighted by Gasteiger charge is -2.29. The lowest BCUT2D eigenvalue weighted by molar-refractivity contribution is -0.870. The van der Waals surface area contributed by atoms with Gasteiger partial charge in [-0.05, 0) is 105 Å². The Labute approximate surface area is 482 Å². The lowest BCUT2D eigenvalue weighted by Crippen LogP contribution is -2.62. The fourth-order valence-corrected chi connectivity index (χ4v) is 7.62. The van der Waals surface area contributed by atoms with Crippen molar-refractivity contribution in [2.24, 2.45) is 50.1 Å². The van der Waals surface area contributed by atoms with Crippen LogP contribution >= 0.6 is 0 Å². The average Bonchev–Trinajstić information content (AvgIpc) is 3.46. The number of amides is 10. The van der Waals surface area contributed by atoms with Gasteiger partial charge in [0.1, 0.15) is 54.4 Å². The molecule has 474 valence electrons. The van der Waals surface area contributed by atoms with Gasteiger partial charge in [-0.2, -0.15) is 0 Å². The molecule has 0 aromatic carbocycles. The fraction of sp³-hybridized carbons (Fsp3) is 0.735. The normalized spacial score (nSPS) is 15.6. The third-order valence-corrected chi connectivity index (χ3v) is 12.3. The number of aliphatic hydroxyl groups excluding tert-OH is 3. The van der Waals surface area contributed by atoms with Gasteiger partial charge in [0.15, 0.2) is 11.9 Å². The minimum absolute atomic E-state index is 0.0123. The van der Waals surface area contributed by atoms with Gasteiger partial charge in [-0.25, -0.2) is 4.79 Å². The average molecular weight is 1190 g/mol. The van der Waals surface area contributed by atoms with Crippen LogP contribution in [0.2, 0.25) is 0 Å². The molecule has 0 saturated carbocycles. The first-order chi connectivity index (χ1) is 38.6. The first-order valence-corrected chi connectivity index (χ1v) is 27.2. The van der Waals surface area contributed by atoms with Crippen LogP contribution < -0.4 is 88.0 Å². The van der Waals surface area contributed by atoms with E-state index in [2.05, 4.69) is 57.8 Å². The van der Waals surface area contributed by atoms with E-state index in [1.165, 1.54) is 20.8 Å². The number of nitrogens with one attached hydrogen (secondary N) is 9. The predicted molar refractivity (Wildman–Crippen MR) is 303 cm³/mol. The number of quaternary nitrogens is 1. The van der Waals surface area contributed by atoms with Gasteiger partial charge >= 0.3 is 5.97 Å². The molecule has 0 rings (SSSR count). The molecule has 34 nitrogen and oxygen atoms in total. The van der Waals surface area contributed by atoms with E-state index in [0.717, 1.165) is 6.92 Å². The van der Waals surface area contributed by atoms with Gasteiger partial charge in [0.2, 0.25) is 59.1 Å². The summed E-state index contributed by atoms with van der Waals surface area (Å²) < 4.78 is 0.534. The smallest absolute Gasteiger partial charge is 0.328 e. The van der Waals surface area contributed by atoms with E-state index in [1.54, 1.807) is 0 Å². The van der Waals surface area contributed by atoms with E-state index in [0.29, 0.717) is 36.7 Å². The second kappa shape index (κ2) is 39.0. The number of aliphatic imine (C=N–C) groups is 2. The maximum absolute atomic E-state index is 14.2. The highest BCUT2D eigenvalue weighted by atomic mass is 16.4. The van der Waals surface area contributed by atoms with Crippen LogP contribution in [0.25, 0.3) is 0 Å². The number of unbranched alkanes of at least 4 members (excludes halogenated alkanes) is 2. The quantitative estimate of drug-likeness (QED) is 0.0117. The molecule has 0 aliphatic rings. The Bertz CT molecular complexity index is 2200. The molecule has 27 N–H and O–H groups in total. The number of nitrogens with two attached hydrogens (primary N) is 7. The zero-order valence-corrected chi connectivity index (χ0v) is 48.6. The number of aliphatic carboxylic acids is 1. The van der Waals surface area contributed by atoms with Gasteiger partial charge in [-0.15, -0.1) is 0 Å². The van der Waals surface area contributed by atoms with Crippen molar-refractivity contribution in [1.29, 1.82) is 0 Å². The summed E-state index contributed by atoms with van der Waals surface area (Å²) in [5, 5.41) is 62.0. The van der Waals surface area contributed by atoms with Crippen LogP contribution in [0.15, 0.2) is 9.98 Å². The summed E-state index contributed by atoms with van der Waals surface area (Å²) in [4.78, 5) is 154. The highest BCUT2D eigenvalue weighted by Gasteiger charge is 2.37. The van der Waals surface area contributed by atoms with Crippen molar-refractivity contribution in [3.63, 3.8) is 0 Å². The Morgan fingerprint density at radius 3 is 1.17 bits per heavy atom. The molecule has 0 aliphatic heterocycles. The molecular formula is C49H94N19O15+. The van der Waals surface area contributed by atoms with Gasteiger partial charge in [-0.1, -0.05) is 0 Å². The summed E-state index contributed by atoms with van der Waals surface area (Å²) in [6, 6.07) is -15.1. The lowest BCUT2D eigenvalue weighted by atomic mass is 10.0. The Kier molecular flexibility index (Phi) is 35.5. The van der Waals surface area contributed by atoms with E-state index in [9.17, 15) is 73.2 Å². The van der Waals surface area contributed by atoms with Gasteiger partial charge in [-0.3, -0.25) is 57.9 Å². The topological polar surface area (TPSA) is 584 Å². The van der Waals surface area contributed by atoms with E-state index in [1.807, 2.05) is 21.1 Å². The summed E-state index contributed by atoms with van der Waals surface area (Å²) in [5.41, 5.74) is 38.4. The molecule has 12 unspecified atom stereocenters. The number of rotatable bonds is 42. The molecule has 10 amide bonds. The molecule has 0 heterocycles. The Balaban J connectivity index is 6.80. The van der Waals surface area contributed by atoms with Crippen LogP contribution in [0, 0.1) is 0 Å². The predicted octanol–water partition coefficient (Wildman–Crippen LogP) is -9.07. The summed E-state index contributed by atoms with van der Waals surface area (Å²) in [5.74, 6) is -11.8. The first-order valence-electron chi connectivity index (χ1n) is 27.2. The number of hydrogen-bond donors (Lipinski definition) is 20. The van der Waals surface area contributed by atoms with Crippen molar-refractivity contribution in [2.75, 3.05) is 53.9 Å². The molecule has 0 aliphatic carbocycles. The van der Waals surface area contributed by atoms with Gasteiger partial charge < -0.3 is 113 Å². The van der Waals surface area contributed by atoms with Crippen molar-refractivity contribution in [1.82, 2.24) is 47.9 Å². The van der Waals surface area contributed by atoms with Crippen LogP contribution in [0.1, 0.15) is 105 Å². The van der Waals surface area contributed by atoms with E-state index < -0.39 is 157 Å². The Morgan fingerprint density at radius 1 is 0.458 bits per heavy atom. The molecule has 0 fully saturated rings. The summed E-state index contributed by atoms with van der Waals surface area (Å²) in [6.45, 7) is 4.81. The number of carbonyl (C=O) groups excluding carboxylic acids is 10. The first kappa shape index (κ1) is 75.5. The van der Waals surface area contributed by atoms with Crippen molar-refractivity contribution in [3.05, 3.63) is 0 Å². The maximum atomic E-state index is 14.2. The molecule has 83 heavy (non-hydrogen) atoms. The number of carboxylic acid groups (broad SMARTS) is 1. The van der Waals surface area contributed by atoms with Crippen molar-refractivity contribution in [3.8, 4) is 0 Å². The van der Waals surface area contributed by atoms with Gasteiger partial charge in [0.05, 0.1) is 52.5 Å². The van der Waals surface area contributed by atoms with Crippen LogP contribution in [-0.4, -0.2) is 228 Å². The van der Waals surface area contributed by atoms with Crippen LogP contribution in [0.5, 0.6) is 0 Å². The third-order valence-electron chi connectivity index (χ3n) is 12.3. The van der Waals surface area contributed by atoms with Gasteiger partial charge in [0.25, 0.3) is 0 Å². The number of guanidine groups is 2. The number of aliphatic hydroxyl groups is 3. The van der Waals surface area contributed by atoms with Crippen molar-refractivity contribution >= 4 is 77.0 Å². The molecular weight excluding hydrogens is 1090 g/mol. The Morgan fingerprint density at radius 2 is 0.807 bits per heavy atom. The highest BCUT2D eigenvalue weighted by Crippen LogP contribution is 2.11. The number of hydrogen-bond acceptors (Lipinski definition) is 18. The molecule has 0 bridgehead atoms. The molecule has 0 radical (unpaired) electrons. The number of primary amides is 1. The molecule has 0 saturated heterocycles. The summed E-state index contributed by atoms with van der Waals surface area (Å²) in [7, 11) is 5.79. The second-order valence-electron chi connectivity index (χ2n) is 21.1. The minimum atomic E-state index is -1.86. The second-order valence-corrected chi connectivity index (χ2v) is 21.1. The standard InChI is InChI=1S/C49H93N19O15/c1-25(51)38(73)60-32(17-13-22-58-49(55)56)43(78)67-37(28(4)71)46(81)64-30(15-9-11-23-68(5,6)7)40(75)63-33(18-19-35(52)72)44(79)66-36(27(3)70)45(80)59-26(2)39(74)61-31(16-12-21-57-48(53)54)41(76)62-29(14-8-10-20-50)42(77)65-34(24-69)47(82)83/h25-34,36-37,69-71H,8-24,50-51H2,1-7H3,(H19-,52,53,54,55,56,57,58,59,60,61,62,63,64,65,66,67,72,73,74,75,76,77,78,79,80,81,82,83)/p+1. The zero-order chi connectivity index (χ0) is 63.7. The number of carboxylic acids is 1. The largest absolute Gasteiger partial charge is 0.480 e. The van der Waals surface area contributed by atoms with Crippen LogP contribution in [0.3, 0.4) is 0 Å². The molecule has 34 heteroatoms. The summed E-state index contributed by atoms with van der Waals surface area (Å²) in [6.07, 6.45) is -2.74. The molecule has 0 aromatic heterocycles. The zero-order valence-electron chi connectivity index (χ0n) is 48.6.